The second-order valence-electron chi connectivity index (χ2n) is 5.65. The smallest absolute Gasteiger partial charge is 0.225 e. The van der Waals surface area contributed by atoms with Crippen LogP contribution in [-0.2, 0) is 6.42 Å². The van der Waals surface area contributed by atoms with Gasteiger partial charge in [-0.3, -0.25) is 0 Å². The van der Waals surface area contributed by atoms with Gasteiger partial charge in [0.1, 0.15) is 5.82 Å². The number of hydrogen-bond acceptors (Lipinski definition) is 5. The Kier molecular flexibility index (Phi) is 4.62. The number of benzene rings is 1. The van der Waals surface area contributed by atoms with E-state index in [2.05, 4.69) is 53.4 Å². The van der Waals surface area contributed by atoms with Crippen LogP contribution in [-0.4, -0.2) is 22.6 Å². The molecule has 0 amide bonds. The van der Waals surface area contributed by atoms with Crippen LogP contribution in [0.5, 0.6) is 5.88 Å². The molecule has 0 bridgehead atoms. The van der Waals surface area contributed by atoms with Crippen LogP contribution in [0.3, 0.4) is 0 Å². The van der Waals surface area contributed by atoms with Gasteiger partial charge in [0.15, 0.2) is 0 Å². The van der Waals surface area contributed by atoms with Crippen LogP contribution in [0.2, 0.25) is 0 Å². The number of anilines is 2. The summed E-state index contributed by atoms with van der Waals surface area (Å²) < 4.78 is 5.11. The number of nitrogens with zero attached hydrogens (tertiary/aromatic N) is 2. The Morgan fingerprint density at radius 1 is 1.19 bits per heavy atom. The van der Waals surface area contributed by atoms with Gasteiger partial charge in [-0.05, 0) is 32.3 Å². The summed E-state index contributed by atoms with van der Waals surface area (Å²) in [6.45, 7) is 4.28. The summed E-state index contributed by atoms with van der Waals surface area (Å²) in [5.74, 6) is 1.34. The van der Waals surface area contributed by atoms with Crippen molar-refractivity contribution in [2.75, 3.05) is 18.2 Å². The molecule has 2 aromatic rings. The minimum Gasteiger partial charge on any atom is -0.481 e. The molecule has 2 rings (SSSR count). The molecule has 0 aliphatic heterocycles. The SMILES string of the molecule is COc1cc(NC(C)(C)CCc2ccccc2)nc(N)n1. The molecule has 5 heteroatoms. The van der Waals surface area contributed by atoms with E-state index in [1.54, 1.807) is 13.2 Å². The molecule has 0 atom stereocenters. The van der Waals surface area contributed by atoms with Gasteiger partial charge in [0, 0.05) is 11.6 Å². The van der Waals surface area contributed by atoms with Gasteiger partial charge >= 0.3 is 0 Å². The summed E-state index contributed by atoms with van der Waals surface area (Å²) in [6, 6.07) is 12.2. The summed E-state index contributed by atoms with van der Waals surface area (Å²) in [6.07, 6.45) is 1.97. The van der Waals surface area contributed by atoms with Crippen LogP contribution in [0.15, 0.2) is 36.4 Å². The van der Waals surface area contributed by atoms with Crippen molar-refractivity contribution in [3.05, 3.63) is 42.0 Å². The monoisotopic (exact) mass is 286 g/mol. The molecule has 1 aromatic heterocycles. The summed E-state index contributed by atoms with van der Waals surface area (Å²) in [5.41, 5.74) is 6.89. The molecular formula is C16H22N4O. The molecule has 0 radical (unpaired) electrons. The van der Waals surface area contributed by atoms with E-state index in [4.69, 9.17) is 10.5 Å². The Morgan fingerprint density at radius 3 is 2.57 bits per heavy atom. The summed E-state index contributed by atoms with van der Waals surface area (Å²) in [5, 5.41) is 3.39. The van der Waals surface area contributed by atoms with Crippen LogP contribution < -0.4 is 15.8 Å². The maximum atomic E-state index is 5.68. The van der Waals surface area contributed by atoms with E-state index in [1.807, 2.05) is 6.07 Å². The topological polar surface area (TPSA) is 73.1 Å². The Bertz CT molecular complexity index is 584. The lowest BCUT2D eigenvalue weighted by Crippen LogP contribution is -2.32. The number of methoxy groups -OCH3 is 1. The summed E-state index contributed by atoms with van der Waals surface area (Å²) in [4.78, 5) is 8.18. The van der Waals surface area contributed by atoms with Crippen LogP contribution >= 0.6 is 0 Å². The van der Waals surface area contributed by atoms with E-state index in [0.29, 0.717) is 11.7 Å². The van der Waals surface area contributed by atoms with Crippen molar-refractivity contribution in [1.29, 1.82) is 0 Å². The third kappa shape index (κ3) is 4.63. The first-order valence-corrected chi connectivity index (χ1v) is 6.99. The highest BCUT2D eigenvalue weighted by molar-refractivity contribution is 5.44. The fourth-order valence-corrected chi connectivity index (χ4v) is 2.12. The van der Waals surface area contributed by atoms with E-state index in [-0.39, 0.29) is 11.5 Å². The number of ether oxygens (including phenoxy) is 1. The van der Waals surface area contributed by atoms with Crippen LogP contribution in [0.25, 0.3) is 0 Å². The van der Waals surface area contributed by atoms with E-state index in [0.717, 1.165) is 12.8 Å². The number of nitrogens with two attached hydrogens (primary N) is 1. The Balaban J connectivity index is 2.01. The van der Waals surface area contributed by atoms with E-state index >= 15 is 0 Å². The molecule has 0 saturated heterocycles. The lowest BCUT2D eigenvalue weighted by atomic mass is 9.95. The van der Waals surface area contributed by atoms with Gasteiger partial charge < -0.3 is 15.8 Å². The van der Waals surface area contributed by atoms with E-state index < -0.39 is 0 Å². The van der Waals surface area contributed by atoms with Gasteiger partial charge in [-0.25, -0.2) is 0 Å². The summed E-state index contributed by atoms with van der Waals surface area (Å²) in [7, 11) is 1.56. The van der Waals surface area contributed by atoms with Crippen molar-refractivity contribution >= 4 is 11.8 Å². The predicted molar refractivity (Wildman–Crippen MR) is 85.5 cm³/mol. The Labute approximate surface area is 125 Å². The van der Waals surface area contributed by atoms with Crippen molar-refractivity contribution in [2.45, 2.75) is 32.2 Å². The van der Waals surface area contributed by atoms with Crippen molar-refractivity contribution < 1.29 is 4.74 Å². The number of rotatable bonds is 6. The Hall–Kier alpha value is -2.30. The van der Waals surface area contributed by atoms with Crippen molar-refractivity contribution in [3.63, 3.8) is 0 Å². The molecule has 0 saturated carbocycles. The highest BCUT2D eigenvalue weighted by atomic mass is 16.5. The van der Waals surface area contributed by atoms with Crippen molar-refractivity contribution in [3.8, 4) is 5.88 Å². The standard InChI is InChI=1S/C16H22N4O/c1-16(2,10-9-12-7-5-4-6-8-12)20-13-11-14(21-3)19-15(17)18-13/h4-8,11H,9-10H2,1-3H3,(H3,17,18,19,20). The molecule has 5 nitrogen and oxygen atoms in total. The lowest BCUT2D eigenvalue weighted by Gasteiger charge is -2.27. The second kappa shape index (κ2) is 6.43. The van der Waals surface area contributed by atoms with E-state index in [9.17, 15) is 0 Å². The fraction of sp³-hybridized carbons (Fsp3) is 0.375. The van der Waals surface area contributed by atoms with Crippen molar-refractivity contribution in [1.82, 2.24) is 9.97 Å². The molecule has 0 spiro atoms. The lowest BCUT2D eigenvalue weighted by molar-refractivity contribution is 0.397. The van der Waals surface area contributed by atoms with Gasteiger partial charge in [0.2, 0.25) is 11.8 Å². The minimum absolute atomic E-state index is 0.109. The average Bonchev–Trinajstić information content (AvgIpc) is 2.45. The van der Waals surface area contributed by atoms with Crippen LogP contribution in [0.4, 0.5) is 11.8 Å². The quantitative estimate of drug-likeness (QED) is 0.854. The van der Waals surface area contributed by atoms with E-state index in [1.165, 1.54) is 5.56 Å². The highest BCUT2D eigenvalue weighted by Crippen LogP contribution is 2.22. The maximum Gasteiger partial charge on any atom is 0.225 e. The van der Waals surface area contributed by atoms with Crippen LogP contribution in [0, 0.1) is 0 Å². The molecule has 1 aromatic carbocycles. The van der Waals surface area contributed by atoms with Gasteiger partial charge in [0.25, 0.3) is 0 Å². The second-order valence-corrected chi connectivity index (χ2v) is 5.65. The first kappa shape index (κ1) is 15.1. The molecule has 0 fully saturated rings. The first-order valence-electron chi connectivity index (χ1n) is 6.99. The van der Waals surface area contributed by atoms with Crippen molar-refractivity contribution in [2.24, 2.45) is 0 Å². The third-order valence-electron chi connectivity index (χ3n) is 3.28. The normalized spacial score (nSPS) is 11.2. The fourth-order valence-electron chi connectivity index (χ4n) is 2.12. The highest BCUT2D eigenvalue weighted by Gasteiger charge is 2.18. The van der Waals surface area contributed by atoms with Gasteiger partial charge in [-0.15, -0.1) is 0 Å². The maximum absolute atomic E-state index is 5.68. The zero-order valence-electron chi connectivity index (χ0n) is 12.8. The molecule has 21 heavy (non-hydrogen) atoms. The zero-order valence-corrected chi connectivity index (χ0v) is 12.8. The number of aryl methyl sites for hydroxylation is 1. The number of hydrogen-bond donors (Lipinski definition) is 2. The number of aromatic nitrogens is 2. The number of nitrogens with one attached hydrogen (secondary N) is 1. The predicted octanol–water partition coefficient (Wildman–Crippen LogP) is 2.89. The summed E-state index contributed by atoms with van der Waals surface area (Å²) >= 11 is 0. The Morgan fingerprint density at radius 2 is 1.90 bits per heavy atom. The molecule has 112 valence electrons. The largest absolute Gasteiger partial charge is 0.481 e. The number of nitrogen functional groups attached to an aromatic ring is 1. The molecule has 0 unspecified atom stereocenters. The van der Waals surface area contributed by atoms with Gasteiger partial charge in [0.05, 0.1) is 7.11 Å². The zero-order chi connectivity index (χ0) is 15.3. The molecular weight excluding hydrogens is 264 g/mol. The third-order valence-corrected chi connectivity index (χ3v) is 3.28. The molecule has 0 aliphatic rings. The first-order chi connectivity index (χ1) is 9.98. The molecule has 1 heterocycles. The molecule has 0 aliphatic carbocycles. The van der Waals surface area contributed by atoms with Gasteiger partial charge in [-0.2, -0.15) is 9.97 Å². The minimum atomic E-state index is -0.109. The van der Waals surface area contributed by atoms with Crippen LogP contribution in [0.1, 0.15) is 25.8 Å². The van der Waals surface area contributed by atoms with Gasteiger partial charge in [-0.1, -0.05) is 30.3 Å². The average molecular weight is 286 g/mol. The molecule has 3 N–H and O–H groups in total.